The number of aldehydes is 1. The monoisotopic (exact) mass is 280 g/mol. The van der Waals surface area contributed by atoms with Gasteiger partial charge in [0.1, 0.15) is 12.2 Å². The molecule has 0 aromatic carbocycles. The molecule has 1 aliphatic heterocycles. The van der Waals surface area contributed by atoms with Crippen LogP contribution in [0.4, 0.5) is 0 Å². The summed E-state index contributed by atoms with van der Waals surface area (Å²) in [6, 6.07) is 0. The van der Waals surface area contributed by atoms with Gasteiger partial charge in [-0.1, -0.05) is 45.4 Å². The fraction of sp³-hybridized carbons (Fsp3) is 0.923. The van der Waals surface area contributed by atoms with Gasteiger partial charge in [0, 0.05) is 0 Å². The molecule has 4 atom stereocenters. The quantitative estimate of drug-likeness (QED) is 0.263. The molecule has 1 saturated heterocycles. The molecule has 0 unspecified atom stereocenters. The number of hydrogen-bond donors (Lipinski definition) is 0. The molecular weight excluding hydrogens is 259 g/mol. The van der Waals surface area contributed by atoms with E-state index in [2.05, 4.69) is 6.92 Å². The van der Waals surface area contributed by atoms with Crippen LogP contribution in [-0.4, -0.2) is 29.2 Å². The van der Waals surface area contributed by atoms with Gasteiger partial charge in [0.05, 0.1) is 10.8 Å². The van der Waals surface area contributed by atoms with Gasteiger partial charge < -0.3 is 9.53 Å². The second-order valence-corrected chi connectivity index (χ2v) is 5.78. The molecule has 1 aliphatic rings. The average molecular weight is 281 g/mol. The van der Waals surface area contributed by atoms with Crippen molar-refractivity contribution >= 4 is 29.5 Å². The van der Waals surface area contributed by atoms with Gasteiger partial charge in [-0.2, -0.15) is 0 Å². The summed E-state index contributed by atoms with van der Waals surface area (Å²) in [6.45, 7) is 2.21. The van der Waals surface area contributed by atoms with Crippen molar-refractivity contribution in [1.82, 2.24) is 0 Å². The molecule has 0 aliphatic carbocycles. The van der Waals surface area contributed by atoms with E-state index in [1.165, 1.54) is 32.1 Å². The van der Waals surface area contributed by atoms with Crippen LogP contribution in [0, 0.1) is 0 Å². The Morgan fingerprint density at radius 3 is 2.41 bits per heavy atom. The second kappa shape index (κ2) is 8.34. The van der Waals surface area contributed by atoms with Gasteiger partial charge in [-0.15, -0.1) is 23.2 Å². The molecule has 0 radical (unpaired) electrons. The molecule has 0 aromatic heterocycles. The standard InChI is InChI=1S/C13H22Cl2O2/c1-2-3-4-5-6-7-8-10(14)12(15)13-11(9-16)17-13/h9-13H,2-8H2,1H3/t10-,11+,12+,13-/m0/s1. The van der Waals surface area contributed by atoms with Crippen LogP contribution in [0.15, 0.2) is 0 Å². The number of hydrogen-bond acceptors (Lipinski definition) is 2. The Morgan fingerprint density at radius 1 is 1.18 bits per heavy atom. The molecule has 0 bridgehead atoms. The Balaban J connectivity index is 2.01. The summed E-state index contributed by atoms with van der Waals surface area (Å²) in [5, 5.41) is -0.319. The molecule has 1 rings (SSSR count). The predicted molar refractivity (Wildman–Crippen MR) is 72.0 cm³/mol. The minimum absolute atomic E-state index is 0.0854. The third-order valence-corrected chi connectivity index (χ3v) is 4.36. The summed E-state index contributed by atoms with van der Waals surface area (Å²) < 4.78 is 5.12. The highest BCUT2D eigenvalue weighted by Crippen LogP contribution is 2.32. The summed E-state index contributed by atoms with van der Waals surface area (Å²) in [6.07, 6.45) is 8.75. The summed E-state index contributed by atoms with van der Waals surface area (Å²) >= 11 is 12.3. The van der Waals surface area contributed by atoms with Crippen LogP contribution in [0.5, 0.6) is 0 Å². The molecule has 0 spiro atoms. The zero-order valence-electron chi connectivity index (χ0n) is 10.4. The number of carbonyl (C=O) groups excluding carboxylic acids is 1. The lowest BCUT2D eigenvalue weighted by atomic mass is 10.1. The van der Waals surface area contributed by atoms with Crippen LogP contribution < -0.4 is 0 Å². The first-order chi connectivity index (χ1) is 8.20. The average Bonchev–Trinajstić information content (AvgIpc) is 3.11. The van der Waals surface area contributed by atoms with Gasteiger partial charge in [-0.05, 0) is 6.42 Å². The normalized spacial score (nSPS) is 26.5. The number of unbranched alkanes of at least 4 members (excludes halogenated alkanes) is 5. The van der Waals surface area contributed by atoms with Crippen LogP contribution in [0.1, 0.15) is 51.9 Å². The number of ether oxygens (including phenoxy) is 1. The summed E-state index contributed by atoms with van der Waals surface area (Å²) in [5.41, 5.74) is 0. The van der Waals surface area contributed by atoms with E-state index in [4.69, 9.17) is 27.9 Å². The zero-order chi connectivity index (χ0) is 12.7. The smallest absolute Gasteiger partial charge is 0.151 e. The van der Waals surface area contributed by atoms with Crippen molar-refractivity contribution < 1.29 is 9.53 Å². The highest BCUT2D eigenvalue weighted by molar-refractivity contribution is 6.30. The largest absolute Gasteiger partial charge is 0.360 e. The Hall–Kier alpha value is 0.210. The Bertz CT molecular complexity index is 223. The first-order valence-corrected chi connectivity index (χ1v) is 7.47. The second-order valence-electron chi connectivity index (χ2n) is 4.72. The zero-order valence-corrected chi connectivity index (χ0v) is 11.9. The van der Waals surface area contributed by atoms with Gasteiger partial charge in [0.25, 0.3) is 0 Å². The van der Waals surface area contributed by atoms with Crippen LogP contribution in [0.3, 0.4) is 0 Å². The molecule has 0 aromatic rings. The Labute approximate surface area is 114 Å². The molecule has 0 amide bonds. The fourth-order valence-electron chi connectivity index (χ4n) is 1.99. The minimum atomic E-state index is -0.316. The van der Waals surface area contributed by atoms with Gasteiger partial charge >= 0.3 is 0 Å². The molecule has 2 nitrogen and oxygen atoms in total. The van der Waals surface area contributed by atoms with Crippen molar-refractivity contribution in [2.75, 3.05) is 0 Å². The molecule has 1 fully saturated rings. The fourth-order valence-corrected chi connectivity index (χ4v) is 2.61. The lowest BCUT2D eigenvalue weighted by Gasteiger charge is -2.13. The molecule has 100 valence electrons. The van der Waals surface area contributed by atoms with Gasteiger partial charge in [-0.3, -0.25) is 0 Å². The van der Waals surface area contributed by atoms with Crippen LogP contribution >= 0.6 is 23.2 Å². The van der Waals surface area contributed by atoms with E-state index in [1.54, 1.807) is 0 Å². The SMILES string of the molecule is CCCCCCCC[C@H](Cl)[C@@H](Cl)[C@H]1O[C@@H]1C=O. The van der Waals surface area contributed by atoms with Crippen molar-refractivity contribution in [3.8, 4) is 0 Å². The third kappa shape index (κ3) is 5.58. The van der Waals surface area contributed by atoms with Crippen molar-refractivity contribution in [1.29, 1.82) is 0 Å². The molecule has 0 saturated carbocycles. The van der Waals surface area contributed by atoms with Crippen molar-refractivity contribution in [3.05, 3.63) is 0 Å². The van der Waals surface area contributed by atoms with Crippen LogP contribution in [0.2, 0.25) is 0 Å². The topological polar surface area (TPSA) is 29.6 Å². The van der Waals surface area contributed by atoms with Gasteiger partial charge in [0.2, 0.25) is 0 Å². The van der Waals surface area contributed by atoms with E-state index in [0.29, 0.717) is 0 Å². The van der Waals surface area contributed by atoms with E-state index in [0.717, 1.165) is 19.1 Å². The Morgan fingerprint density at radius 2 is 1.82 bits per heavy atom. The van der Waals surface area contributed by atoms with Crippen molar-refractivity contribution in [2.24, 2.45) is 0 Å². The lowest BCUT2D eigenvalue weighted by molar-refractivity contribution is -0.108. The number of halogens is 2. The highest BCUT2D eigenvalue weighted by atomic mass is 35.5. The molecule has 17 heavy (non-hydrogen) atoms. The molecular formula is C13H22Cl2O2. The number of rotatable bonds is 10. The third-order valence-electron chi connectivity index (χ3n) is 3.19. The van der Waals surface area contributed by atoms with E-state index in [1.807, 2.05) is 0 Å². The summed E-state index contributed by atoms with van der Waals surface area (Å²) in [4.78, 5) is 10.4. The van der Waals surface area contributed by atoms with E-state index >= 15 is 0 Å². The first kappa shape index (κ1) is 15.3. The number of carbonyl (C=O) groups is 1. The summed E-state index contributed by atoms with van der Waals surface area (Å²) in [5.74, 6) is 0. The maximum Gasteiger partial charge on any atom is 0.151 e. The van der Waals surface area contributed by atoms with Gasteiger partial charge in [-0.25, -0.2) is 0 Å². The number of alkyl halides is 2. The molecule has 0 N–H and O–H groups in total. The number of epoxide rings is 1. The van der Waals surface area contributed by atoms with E-state index in [9.17, 15) is 4.79 Å². The highest BCUT2D eigenvalue weighted by Gasteiger charge is 2.46. The lowest BCUT2D eigenvalue weighted by Crippen LogP contribution is -2.23. The summed E-state index contributed by atoms with van der Waals surface area (Å²) in [7, 11) is 0. The molecule has 4 heteroatoms. The van der Waals surface area contributed by atoms with Crippen LogP contribution in [0.25, 0.3) is 0 Å². The predicted octanol–water partition coefficient (Wildman–Crippen LogP) is 3.92. The maximum absolute atomic E-state index is 10.4. The maximum atomic E-state index is 10.4. The van der Waals surface area contributed by atoms with Crippen molar-refractivity contribution in [2.45, 2.75) is 74.8 Å². The van der Waals surface area contributed by atoms with Gasteiger partial charge in [0.15, 0.2) is 6.29 Å². The van der Waals surface area contributed by atoms with Crippen LogP contribution in [-0.2, 0) is 9.53 Å². The minimum Gasteiger partial charge on any atom is -0.360 e. The van der Waals surface area contributed by atoms with E-state index in [-0.39, 0.29) is 23.0 Å². The van der Waals surface area contributed by atoms with Crippen molar-refractivity contribution in [3.63, 3.8) is 0 Å². The Kier molecular flexibility index (Phi) is 7.49. The van der Waals surface area contributed by atoms with E-state index < -0.39 is 0 Å². The first-order valence-electron chi connectivity index (χ1n) is 6.59. The molecule has 1 heterocycles.